The molecule has 0 spiro atoms. The minimum absolute atomic E-state index is 0.0184. The Labute approximate surface area is 165 Å². The number of anilines is 1. The van der Waals surface area contributed by atoms with E-state index >= 15 is 0 Å². The summed E-state index contributed by atoms with van der Waals surface area (Å²) in [6.07, 6.45) is 5.39. The molecule has 1 amide bonds. The molecule has 4 heterocycles. The van der Waals surface area contributed by atoms with Gasteiger partial charge in [0.15, 0.2) is 5.82 Å². The lowest BCUT2D eigenvalue weighted by atomic mass is 9.97. The number of hydrogen-bond donors (Lipinski definition) is 1. The highest BCUT2D eigenvalue weighted by molar-refractivity contribution is 5.79. The van der Waals surface area contributed by atoms with Crippen molar-refractivity contribution in [2.45, 2.75) is 12.8 Å². The van der Waals surface area contributed by atoms with Gasteiger partial charge in [-0.25, -0.2) is 5.01 Å². The Balaban J connectivity index is 1.36. The fourth-order valence-electron chi connectivity index (χ4n) is 3.74. The van der Waals surface area contributed by atoms with Crippen molar-refractivity contribution >= 4 is 11.7 Å². The maximum Gasteiger partial charge on any atom is 0.239 e. The van der Waals surface area contributed by atoms with Crippen molar-refractivity contribution in [3.05, 3.63) is 36.7 Å². The Bertz CT molecular complexity index is 775. The summed E-state index contributed by atoms with van der Waals surface area (Å²) >= 11 is 0. The van der Waals surface area contributed by atoms with Gasteiger partial charge in [0.05, 0.1) is 11.6 Å². The maximum atomic E-state index is 12.7. The van der Waals surface area contributed by atoms with Crippen LogP contribution in [-0.4, -0.2) is 77.3 Å². The van der Waals surface area contributed by atoms with Gasteiger partial charge in [-0.3, -0.25) is 15.2 Å². The summed E-state index contributed by atoms with van der Waals surface area (Å²) in [5.74, 6) is 0.931. The maximum absolute atomic E-state index is 12.7. The molecule has 2 aromatic heterocycles. The molecule has 0 saturated carbocycles. The third kappa shape index (κ3) is 4.45. The van der Waals surface area contributed by atoms with Crippen LogP contribution < -0.4 is 10.3 Å². The molecule has 2 aliphatic heterocycles. The molecule has 0 radical (unpaired) electrons. The average molecular weight is 381 g/mol. The van der Waals surface area contributed by atoms with Crippen molar-refractivity contribution in [3.63, 3.8) is 0 Å². The molecule has 4 rings (SSSR count). The number of carbonyl (C=O) groups is 1. The fraction of sp³-hybridized carbons (Fsp3) is 0.500. The van der Waals surface area contributed by atoms with Gasteiger partial charge in [0.1, 0.15) is 0 Å². The molecule has 8 heteroatoms. The first-order valence-electron chi connectivity index (χ1n) is 9.92. The lowest BCUT2D eigenvalue weighted by molar-refractivity contribution is -0.131. The van der Waals surface area contributed by atoms with Gasteiger partial charge >= 0.3 is 0 Å². The summed E-state index contributed by atoms with van der Waals surface area (Å²) in [4.78, 5) is 21.2. The van der Waals surface area contributed by atoms with Gasteiger partial charge in [0.2, 0.25) is 5.91 Å². The minimum Gasteiger partial charge on any atom is -0.354 e. The van der Waals surface area contributed by atoms with E-state index < -0.39 is 0 Å². The first-order chi connectivity index (χ1) is 13.7. The number of rotatable bonds is 4. The summed E-state index contributed by atoms with van der Waals surface area (Å²) in [7, 11) is 2.11. The van der Waals surface area contributed by atoms with Crippen LogP contribution in [0.15, 0.2) is 36.7 Å². The number of piperidine rings is 1. The molecule has 8 nitrogen and oxygen atoms in total. The van der Waals surface area contributed by atoms with Crippen LogP contribution in [-0.2, 0) is 4.79 Å². The van der Waals surface area contributed by atoms with Gasteiger partial charge in [0.25, 0.3) is 0 Å². The van der Waals surface area contributed by atoms with Crippen molar-refractivity contribution in [2.24, 2.45) is 5.92 Å². The molecule has 1 N–H and O–H groups in total. The Kier molecular flexibility index (Phi) is 5.78. The second kappa shape index (κ2) is 8.62. The summed E-state index contributed by atoms with van der Waals surface area (Å²) in [5.41, 5.74) is 4.93. The van der Waals surface area contributed by atoms with E-state index in [1.807, 2.05) is 29.3 Å². The number of likely N-dealkylation sites (N-methyl/N-ethyl adjacent to an activating group) is 1. The first kappa shape index (κ1) is 18.8. The van der Waals surface area contributed by atoms with Crippen LogP contribution in [0.5, 0.6) is 0 Å². The standard InChI is InChI=1S/C20H27N7O/c1-25-11-13-27(14-12-25)24-20(28)17-3-2-10-26(15-17)19-5-4-18(22-23-19)16-6-8-21-9-7-16/h4-9,17H,2-3,10-15H2,1H3,(H,24,28). The summed E-state index contributed by atoms with van der Waals surface area (Å²) in [5, 5.41) is 10.8. The molecule has 0 aromatic carbocycles. The van der Waals surface area contributed by atoms with Crippen molar-refractivity contribution in [1.29, 1.82) is 0 Å². The number of pyridine rings is 1. The Morgan fingerprint density at radius 2 is 1.82 bits per heavy atom. The number of hydrazine groups is 1. The van der Waals surface area contributed by atoms with Crippen molar-refractivity contribution in [1.82, 2.24) is 30.5 Å². The SMILES string of the molecule is CN1CCN(NC(=O)C2CCCN(c3ccc(-c4ccncc4)nn3)C2)CC1. The zero-order chi connectivity index (χ0) is 19.3. The summed E-state index contributed by atoms with van der Waals surface area (Å²) in [6.45, 7) is 5.30. The van der Waals surface area contributed by atoms with E-state index in [1.165, 1.54) is 0 Å². The summed E-state index contributed by atoms with van der Waals surface area (Å²) < 4.78 is 0. The van der Waals surface area contributed by atoms with Crippen molar-refractivity contribution < 1.29 is 4.79 Å². The number of carbonyl (C=O) groups excluding carboxylic acids is 1. The minimum atomic E-state index is -0.0184. The second-order valence-corrected chi connectivity index (χ2v) is 7.56. The van der Waals surface area contributed by atoms with Crippen molar-refractivity contribution in [3.8, 4) is 11.3 Å². The zero-order valence-corrected chi connectivity index (χ0v) is 16.3. The molecule has 1 unspecified atom stereocenters. The highest BCUT2D eigenvalue weighted by Crippen LogP contribution is 2.23. The number of nitrogens with one attached hydrogen (secondary N) is 1. The number of piperazine rings is 1. The van der Waals surface area contributed by atoms with Crippen LogP contribution in [0, 0.1) is 5.92 Å². The van der Waals surface area contributed by atoms with Crippen LogP contribution >= 0.6 is 0 Å². The lowest BCUT2D eigenvalue weighted by Gasteiger charge is -2.36. The molecule has 148 valence electrons. The zero-order valence-electron chi connectivity index (χ0n) is 16.3. The predicted molar refractivity (Wildman–Crippen MR) is 107 cm³/mol. The van der Waals surface area contributed by atoms with E-state index in [9.17, 15) is 4.79 Å². The van der Waals surface area contributed by atoms with Gasteiger partial charge in [-0.15, -0.1) is 10.2 Å². The Morgan fingerprint density at radius 3 is 2.54 bits per heavy atom. The lowest BCUT2D eigenvalue weighted by Crippen LogP contribution is -2.55. The fourth-order valence-corrected chi connectivity index (χ4v) is 3.74. The van der Waals surface area contributed by atoms with Gasteiger partial charge in [-0.05, 0) is 44.2 Å². The van der Waals surface area contributed by atoms with Crippen LogP contribution in [0.1, 0.15) is 12.8 Å². The average Bonchev–Trinajstić information content (AvgIpc) is 2.76. The van der Waals surface area contributed by atoms with Crippen LogP contribution in [0.25, 0.3) is 11.3 Å². The van der Waals surface area contributed by atoms with E-state index in [0.29, 0.717) is 6.54 Å². The van der Waals surface area contributed by atoms with Gasteiger partial charge in [-0.1, -0.05) is 0 Å². The quantitative estimate of drug-likeness (QED) is 0.848. The van der Waals surface area contributed by atoms with E-state index in [1.54, 1.807) is 12.4 Å². The second-order valence-electron chi connectivity index (χ2n) is 7.56. The molecule has 2 fully saturated rings. The van der Waals surface area contributed by atoms with E-state index in [0.717, 1.165) is 62.6 Å². The van der Waals surface area contributed by atoms with E-state index in [-0.39, 0.29) is 11.8 Å². The van der Waals surface area contributed by atoms with Gasteiger partial charge in [-0.2, -0.15) is 0 Å². The molecule has 1 atom stereocenters. The predicted octanol–water partition coefficient (Wildman–Crippen LogP) is 1.03. The molecule has 2 aliphatic rings. The van der Waals surface area contributed by atoms with Crippen LogP contribution in [0.4, 0.5) is 5.82 Å². The van der Waals surface area contributed by atoms with Crippen LogP contribution in [0.3, 0.4) is 0 Å². The van der Waals surface area contributed by atoms with Gasteiger partial charge in [0, 0.05) is 57.2 Å². The Morgan fingerprint density at radius 1 is 1.04 bits per heavy atom. The molecule has 0 aliphatic carbocycles. The van der Waals surface area contributed by atoms with E-state index in [2.05, 4.69) is 37.5 Å². The van der Waals surface area contributed by atoms with Gasteiger partial charge < -0.3 is 9.80 Å². The normalized spacial score (nSPS) is 21.5. The largest absolute Gasteiger partial charge is 0.354 e. The number of aromatic nitrogens is 3. The monoisotopic (exact) mass is 381 g/mol. The van der Waals surface area contributed by atoms with Crippen molar-refractivity contribution in [2.75, 3.05) is 51.2 Å². The third-order valence-corrected chi connectivity index (χ3v) is 5.51. The topological polar surface area (TPSA) is 77.5 Å². The molecular formula is C20H27N7O. The van der Waals surface area contributed by atoms with E-state index in [4.69, 9.17) is 0 Å². The third-order valence-electron chi connectivity index (χ3n) is 5.51. The molecule has 2 aromatic rings. The first-order valence-corrected chi connectivity index (χ1v) is 9.92. The smallest absolute Gasteiger partial charge is 0.239 e. The number of hydrogen-bond acceptors (Lipinski definition) is 7. The molecule has 28 heavy (non-hydrogen) atoms. The molecule has 0 bridgehead atoms. The Hall–Kier alpha value is -2.58. The number of nitrogens with zero attached hydrogens (tertiary/aromatic N) is 6. The number of amides is 1. The highest BCUT2D eigenvalue weighted by atomic mass is 16.2. The summed E-state index contributed by atoms with van der Waals surface area (Å²) in [6, 6.07) is 7.81. The molecule has 2 saturated heterocycles. The highest BCUT2D eigenvalue weighted by Gasteiger charge is 2.28. The van der Waals surface area contributed by atoms with Crippen LogP contribution in [0.2, 0.25) is 0 Å². The molecular weight excluding hydrogens is 354 g/mol.